The molecule has 31 heavy (non-hydrogen) atoms. The fraction of sp³-hybridized carbons (Fsp3) is 0.458. The second kappa shape index (κ2) is 7.54. The molecule has 0 radical (unpaired) electrons. The number of pyridine rings is 1. The molecular weight excluding hydrogens is 392 g/mol. The molecule has 3 heterocycles. The third kappa shape index (κ3) is 3.41. The van der Waals surface area contributed by atoms with E-state index in [2.05, 4.69) is 31.0 Å². The van der Waals surface area contributed by atoms with E-state index in [4.69, 9.17) is 24.9 Å². The van der Waals surface area contributed by atoms with Crippen LogP contribution in [-0.2, 0) is 15.0 Å². The number of aliphatic imine (C=N–C) groups is 1. The molecule has 7 heteroatoms. The summed E-state index contributed by atoms with van der Waals surface area (Å²) in [5.41, 5.74) is 8.75. The van der Waals surface area contributed by atoms with Crippen LogP contribution in [0.5, 0.6) is 5.75 Å². The fourth-order valence-electron chi connectivity index (χ4n) is 5.20. The van der Waals surface area contributed by atoms with Crippen LogP contribution >= 0.6 is 0 Å². The van der Waals surface area contributed by atoms with Crippen LogP contribution in [-0.4, -0.2) is 35.9 Å². The molecule has 3 aliphatic rings. The van der Waals surface area contributed by atoms with E-state index in [-0.39, 0.29) is 30.3 Å². The van der Waals surface area contributed by atoms with Gasteiger partial charge >= 0.3 is 0 Å². The summed E-state index contributed by atoms with van der Waals surface area (Å²) in [6.07, 6.45) is 6.44. The standard InChI is InChI=1S/C24H26N4O3/c1-14(2)30-18-4-6-22-20(9-18)24(13-29-23(26)28-24)19-8-16(3-5-21(19)31-22)17-7-15(10-25)11-27-12-17/h3,5,7-8,11-12,14,18,20,22H,4,6,9,13H2,1-2H3,(H2,26,28)/t18?,20-,22?,24+/m0/s1. The minimum absolute atomic E-state index is 0.0483. The van der Waals surface area contributed by atoms with E-state index >= 15 is 0 Å². The van der Waals surface area contributed by atoms with E-state index < -0.39 is 5.54 Å². The van der Waals surface area contributed by atoms with E-state index in [0.29, 0.717) is 12.2 Å². The molecule has 160 valence electrons. The first-order valence-electron chi connectivity index (χ1n) is 10.8. The molecule has 1 aromatic carbocycles. The second-order valence-corrected chi connectivity index (χ2v) is 8.83. The second-order valence-electron chi connectivity index (χ2n) is 8.83. The molecule has 0 bridgehead atoms. The van der Waals surface area contributed by atoms with Crippen LogP contribution in [0.3, 0.4) is 0 Å². The quantitative estimate of drug-likeness (QED) is 0.818. The van der Waals surface area contributed by atoms with Crippen molar-refractivity contribution < 1.29 is 14.2 Å². The average molecular weight is 418 g/mol. The van der Waals surface area contributed by atoms with Gasteiger partial charge in [0, 0.05) is 29.4 Å². The van der Waals surface area contributed by atoms with Crippen LogP contribution in [0.15, 0.2) is 41.7 Å². The molecule has 2 aliphatic heterocycles. The summed E-state index contributed by atoms with van der Waals surface area (Å²) in [6.45, 7) is 4.53. The number of benzene rings is 1. The van der Waals surface area contributed by atoms with Gasteiger partial charge in [-0.2, -0.15) is 5.26 Å². The third-order valence-electron chi connectivity index (χ3n) is 6.49. The number of aromatic nitrogens is 1. The lowest BCUT2D eigenvalue weighted by molar-refractivity contribution is -0.0791. The summed E-state index contributed by atoms with van der Waals surface area (Å²) < 4.78 is 18.3. The largest absolute Gasteiger partial charge is 0.490 e. The summed E-state index contributed by atoms with van der Waals surface area (Å²) in [5, 5.41) is 9.24. The van der Waals surface area contributed by atoms with Gasteiger partial charge in [-0.25, -0.2) is 4.99 Å². The first-order valence-corrected chi connectivity index (χ1v) is 10.8. The highest BCUT2D eigenvalue weighted by molar-refractivity contribution is 5.75. The first kappa shape index (κ1) is 19.8. The number of nitrogens with two attached hydrogens (primary N) is 1. The Hall–Kier alpha value is -3.11. The summed E-state index contributed by atoms with van der Waals surface area (Å²) in [6, 6.07) is 10.3. The predicted molar refractivity (Wildman–Crippen MR) is 115 cm³/mol. The number of nitrogens with zero attached hydrogens (tertiary/aromatic N) is 3. The predicted octanol–water partition coefficient (Wildman–Crippen LogP) is 3.52. The van der Waals surface area contributed by atoms with Crippen molar-refractivity contribution in [3.05, 3.63) is 47.8 Å². The van der Waals surface area contributed by atoms with E-state index in [1.54, 1.807) is 12.4 Å². The van der Waals surface area contributed by atoms with Crippen LogP contribution < -0.4 is 10.5 Å². The molecular formula is C24H26N4O3. The molecule has 2 unspecified atom stereocenters. The number of hydrogen-bond acceptors (Lipinski definition) is 7. The molecule has 1 aromatic heterocycles. The summed E-state index contributed by atoms with van der Waals surface area (Å²) in [4.78, 5) is 9.06. The fourth-order valence-corrected chi connectivity index (χ4v) is 5.20. The van der Waals surface area contributed by atoms with Crippen molar-refractivity contribution in [3.63, 3.8) is 0 Å². The molecule has 1 saturated carbocycles. The zero-order valence-electron chi connectivity index (χ0n) is 17.7. The normalized spacial score (nSPS) is 28.8. The Morgan fingerprint density at radius 1 is 1.23 bits per heavy atom. The topological polar surface area (TPSA) is 103 Å². The highest BCUT2D eigenvalue weighted by atomic mass is 16.5. The van der Waals surface area contributed by atoms with Crippen LogP contribution in [0.25, 0.3) is 11.1 Å². The van der Waals surface area contributed by atoms with Gasteiger partial charge < -0.3 is 19.9 Å². The monoisotopic (exact) mass is 418 g/mol. The van der Waals surface area contributed by atoms with Crippen molar-refractivity contribution in [3.8, 4) is 22.9 Å². The van der Waals surface area contributed by atoms with Gasteiger partial charge in [0.25, 0.3) is 6.02 Å². The number of hydrogen-bond donors (Lipinski definition) is 1. The number of ether oxygens (including phenoxy) is 3. The van der Waals surface area contributed by atoms with Crippen LogP contribution in [0.2, 0.25) is 0 Å². The summed E-state index contributed by atoms with van der Waals surface area (Å²) in [7, 11) is 0. The lowest BCUT2D eigenvalue weighted by Crippen LogP contribution is -2.52. The van der Waals surface area contributed by atoms with Gasteiger partial charge in [-0.15, -0.1) is 0 Å². The highest BCUT2D eigenvalue weighted by Crippen LogP contribution is 2.53. The minimum Gasteiger partial charge on any atom is -0.490 e. The molecule has 1 aliphatic carbocycles. The van der Waals surface area contributed by atoms with Crippen molar-refractivity contribution in [1.29, 1.82) is 5.26 Å². The Labute approximate surface area is 181 Å². The van der Waals surface area contributed by atoms with Crippen LogP contribution in [0, 0.1) is 17.2 Å². The Morgan fingerprint density at radius 2 is 2.10 bits per heavy atom. The number of fused-ring (bicyclic) bond motifs is 4. The van der Waals surface area contributed by atoms with Gasteiger partial charge in [-0.3, -0.25) is 4.98 Å². The van der Waals surface area contributed by atoms with E-state index in [9.17, 15) is 5.26 Å². The van der Waals surface area contributed by atoms with Gasteiger partial charge in [0.05, 0.1) is 17.8 Å². The maximum Gasteiger partial charge on any atom is 0.283 e. The van der Waals surface area contributed by atoms with E-state index in [0.717, 1.165) is 41.7 Å². The van der Waals surface area contributed by atoms with Gasteiger partial charge in [-0.05, 0) is 56.9 Å². The van der Waals surface area contributed by atoms with Crippen molar-refractivity contribution in [2.24, 2.45) is 16.6 Å². The first-order chi connectivity index (χ1) is 15.0. The highest BCUT2D eigenvalue weighted by Gasteiger charge is 2.55. The van der Waals surface area contributed by atoms with Crippen molar-refractivity contribution in [2.45, 2.75) is 57.0 Å². The number of rotatable bonds is 3. The Morgan fingerprint density at radius 3 is 2.84 bits per heavy atom. The maximum absolute atomic E-state index is 9.24. The smallest absolute Gasteiger partial charge is 0.283 e. The van der Waals surface area contributed by atoms with Crippen molar-refractivity contribution in [2.75, 3.05) is 6.61 Å². The average Bonchev–Trinajstić information content (AvgIpc) is 3.16. The molecule has 5 rings (SSSR count). The summed E-state index contributed by atoms with van der Waals surface area (Å²) >= 11 is 0. The summed E-state index contributed by atoms with van der Waals surface area (Å²) in [5.74, 6) is 0.928. The van der Waals surface area contributed by atoms with Crippen molar-refractivity contribution >= 4 is 6.02 Å². The maximum atomic E-state index is 9.24. The van der Waals surface area contributed by atoms with E-state index in [1.807, 2.05) is 18.2 Å². The molecule has 7 nitrogen and oxygen atoms in total. The Bertz CT molecular complexity index is 1080. The SMILES string of the molecule is CC(C)OC1CCC2Oc3ccc(-c4cncc(C#N)c4)cc3[C@]3(COC(N)=N3)[C@H]2C1. The van der Waals surface area contributed by atoms with E-state index in [1.165, 1.54) is 0 Å². The molecule has 2 aromatic rings. The Balaban J connectivity index is 1.59. The molecule has 4 atom stereocenters. The molecule has 1 spiro atoms. The van der Waals surface area contributed by atoms with Gasteiger partial charge in [0.2, 0.25) is 0 Å². The molecule has 0 amide bonds. The lowest BCUT2D eigenvalue weighted by Gasteiger charge is -2.48. The lowest BCUT2D eigenvalue weighted by atomic mass is 9.67. The van der Waals surface area contributed by atoms with Gasteiger partial charge in [-0.1, -0.05) is 6.07 Å². The molecule has 2 N–H and O–H groups in total. The molecule has 0 saturated heterocycles. The van der Waals surface area contributed by atoms with Gasteiger partial charge in [0.1, 0.15) is 30.1 Å². The molecule has 1 fully saturated rings. The number of nitriles is 1. The zero-order valence-corrected chi connectivity index (χ0v) is 17.7. The third-order valence-corrected chi connectivity index (χ3v) is 6.49. The number of amidine groups is 1. The minimum atomic E-state index is -0.600. The zero-order chi connectivity index (χ0) is 21.6. The van der Waals surface area contributed by atoms with Gasteiger partial charge in [0.15, 0.2) is 0 Å². The van der Waals surface area contributed by atoms with Crippen LogP contribution in [0.4, 0.5) is 0 Å². The Kier molecular flexibility index (Phi) is 4.82. The van der Waals surface area contributed by atoms with Crippen LogP contribution in [0.1, 0.15) is 44.2 Å². The van der Waals surface area contributed by atoms with Crippen molar-refractivity contribution in [1.82, 2.24) is 4.98 Å².